The van der Waals surface area contributed by atoms with Crippen molar-refractivity contribution in [1.82, 2.24) is 25.0 Å². The molecule has 1 aromatic carbocycles. The van der Waals surface area contributed by atoms with Crippen molar-refractivity contribution < 1.29 is 4.52 Å². The number of rotatable bonds is 4. The first-order chi connectivity index (χ1) is 14.3. The third kappa shape index (κ3) is 3.75. The van der Waals surface area contributed by atoms with Gasteiger partial charge in [-0.15, -0.1) is 0 Å². The van der Waals surface area contributed by atoms with Crippen molar-refractivity contribution in [2.45, 2.75) is 38.8 Å². The topological polar surface area (TPSA) is 100 Å². The summed E-state index contributed by atoms with van der Waals surface area (Å²) in [7, 11) is 0. The molecule has 0 saturated carbocycles. The van der Waals surface area contributed by atoms with Crippen molar-refractivity contribution in [2.75, 3.05) is 13.1 Å². The Balaban J connectivity index is 1.32. The molecule has 2 aliphatic heterocycles. The van der Waals surface area contributed by atoms with Gasteiger partial charge in [0.2, 0.25) is 11.7 Å². The fourth-order valence-electron chi connectivity index (χ4n) is 3.86. The molecule has 1 N–H and O–H groups in total. The highest BCUT2D eigenvalue weighted by Gasteiger charge is 2.24. The molecule has 8 nitrogen and oxygen atoms in total. The van der Waals surface area contributed by atoms with Gasteiger partial charge in [0.25, 0.3) is 5.56 Å². The third-order valence-electron chi connectivity index (χ3n) is 5.40. The average Bonchev–Trinajstić information content (AvgIpc) is 3.24. The summed E-state index contributed by atoms with van der Waals surface area (Å²) in [4.78, 5) is 31.5. The first-order valence-corrected chi connectivity index (χ1v) is 10.0. The van der Waals surface area contributed by atoms with Gasteiger partial charge in [-0.25, -0.2) is 4.98 Å². The molecule has 29 heavy (non-hydrogen) atoms. The fraction of sp³-hybridized carbons (Fsp3) is 0.381. The maximum Gasteiger partial charge on any atom is 0.255 e. The Hall–Kier alpha value is -3.13. The van der Waals surface area contributed by atoms with Gasteiger partial charge in [-0.05, 0) is 19.3 Å². The predicted molar refractivity (Wildman–Crippen MR) is 108 cm³/mol. The summed E-state index contributed by atoms with van der Waals surface area (Å²) in [6.07, 6.45) is 3.81. The van der Waals surface area contributed by atoms with Crippen LogP contribution in [0.3, 0.4) is 0 Å². The lowest BCUT2D eigenvalue weighted by Crippen LogP contribution is -2.36. The normalized spacial score (nSPS) is 17.0. The van der Waals surface area contributed by atoms with Crippen molar-refractivity contribution in [3.05, 3.63) is 63.7 Å². The van der Waals surface area contributed by atoms with E-state index in [1.807, 2.05) is 30.3 Å². The third-order valence-corrected chi connectivity index (χ3v) is 5.40. The van der Waals surface area contributed by atoms with E-state index < -0.39 is 0 Å². The molecule has 0 aliphatic carbocycles. The van der Waals surface area contributed by atoms with Crippen molar-refractivity contribution in [2.24, 2.45) is 4.99 Å². The molecule has 3 aromatic rings. The van der Waals surface area contributed by atoms with Crippen LogP contribution < -0.4 is 5.56 Å². The minimum atomic E-state index is -0.0709. The van der Waals surface area contributed by atoms with Gasteiger partial charge in [-0.3, -0.25) is 14.7 Å². The van der Waals surface area contributed by atoms with Gasteiger partial charge in [-0.2, -0.15) is 4.98 Å². The summed E-state index contributed by atoms with van der Waals surface area (Å²) < 4.78 is 5.42. The van der Waals surface area contributed by atoms with Gasteiger partial charge in [0, 0.05) is 31.6 Å². The zero-order chi connectivity index (χ0) is 19.6. The Morgan fingerprint density at radius 1 is 1.10 bits per heavy atom. The zero-order valence-corrected chi connectivity index (χ0v) is 16.1. The summed E-state index contributed by atoms with van der Waals surface area (Å²) in [5, 5.41) is 4.07. The summed E-state index contributed by atoms with van der Waals surface area (Å²) in [5.74, 6) is 1.77. The monoisotopic (exact) mass is 390 g/mol. The lowest BCUT2D eigenvalue weighted by atomic mass is 10.1. The van der Waals surface area contributed by atoms with Gasteiger partial charge in [0.15, 0.2) is 5.82 Å². The van der Waals surface area contributed by atoms with Crippen LogP contribution in [0.4, 0.5) is 0 Å². The molecule has 2 aliphatic rings. The highest BCUT2D eigenvalue weighted by atomic mass is 16.5. The van der Waals surface area contributed by atoms with Gasteiger partial charge < -0.3 is 9.51 Å². The lowest BCUT2D eigenvalue weighted by Gasteiger charge is -2.26. The van der Waals surface area contributed by atoms with Crippen LogP contribution in [0.25, 0.3) is 11.4 Å². The van der Waals surface area contributed by atoms with E-state index in [2.05, 4.69) is 25.0 Å². The number of hydrogen-bond acceptors (Lipinski definition) is 7. The second-order valence-electron chi connectivity index (χ2n) is 7.46. The summed E-state index contributed by atoms with van der Waals surface area (Å²) in [6, 6.07) is 9.74. The van der Waals surface area contributed by atoms with Crippen LogP contribution in [-0.2, 0) is 19.5 Å². The second-order valence-corrected chi connectivity index (χ2v) is 7.46. The first-order valence-electron chi connectivity index (χ1n) is 10.0. The summed E-state index contributed by atoms with van der Waals surface area (Å²) in [6.45, 7) is 2.64. The van der Waals surface area contributed by atoms with E-state index in [-0.39, 0.29) is 5.56 Å². The number of nitrogens with zero attached hydrogens (tertiary/aromatic N) is 5. The molecule has 0 fully saturated rings. The number of aromatic amines is 1. The number of aliphatic imine (C=N–C) groups is 1. The summed E-state index contributed by atoms with van der Waals surface area (Å²) in [5.41, 5.74) is 3.38. The second kappa shape index (κ2) is 7.71. The number of H-pyrrole nitrogens is 1. The SMILES string of the molecule is O=c1[nH]c(C2=NCCCC2)nc2c1CN(Cc1nc(-c3ccccc3)no1)CC2. The number of fused-ring (bicyclic) bond motifs is 1. The standard InChI is InChI=1S/C21H22N6O2/c28-21-15-12-27(13-18-24-19(26-29-18)14-6-2-1-3-7-14)11-9-16(15)23-20(25-21)17-8-4-5-10-22-17/h1-3,6-7H,4-5,8-13H2,(H,23,25,28). The number of benzene rings is 1. The Labute approximate surface area is 167 Å². The molecule has 0 saturated heterocycles. The smallest absolute Gasteiger partial charge is 0.255 e. The van der Waals surface area contributed by atoms with E-state index in [0.717, 1.165) is 61.3 Å². The van der Waals surface area contributed by atoms with Crippen LogP contribution in [0.15, 0.2) is 44.6 Å². The Kier molecular flexibility index (Phi) is 4.77. The number of hydrogen-bond donors (Lipinski definition) is 1. The van der Waals surface area contributed by atoms with E-state index in [0.29, 0.717) is 30.6 Å². The Bertz CT molecular complexity index is 1100. The van der Waals surface area contributed by atoms with Crippen LogP contribution in [0.2, 0.25) is 0 Å². The van der Waals surface area contributed by atoms with Crippen LogP contribution in [-0.4, -0.2) is 43.8 Å². The molecule has 0 bridgehead atoms. The Morgan fingerprint density at radius 2 is 2.00 bits per heavy atom. The van der Waals surface area contributed by atoms with Crippen LogP contribution >= 0.6 is 0 Å². The quantitative estimate of drug-likeness (QED) is 0.734. The van der Waals surface area contributed by atoms with E-state index in [4.69, 9.17) is 9.51 Å². The van der Waals surface area contributed by atoms with Crippen LogP contribution in [0.5, 0.6) is 0 Å². The van der Waals surface area contributed by atoms with Crippen LogP contribution in [0.1, 0.15) is 42.2 Å². The van der Waals surface area contributed by atoms with E-state index in [9.17, 15) is 4.79 Å². The summed E-state index contributed by atoms with van der Waals surface area (Å²) >= 11 is 0. The molecule has 0 spiro atoms. The van der Waals surface area contributed by atoms with Crippen molar-refractivity contribution >= 4 is 5.71 Å². The van der Waals surface area contributed by atoms with Gasteiger partial charge in [0.1, 0.15) is 0 Å². The minimum absolute atomic E-state index is 0.0709. The molecule has 0 radical (unpaired) electrons. The van der Waals surface area contributed by atoms with Crippen LogP contribution in [0, 0.1) is 0 Å². The molecule has 2 aromatic heterocycles. The van der Waals surface area contributed by atoms with Crippen molar-refractivity contribution in [1.29, 1.82) is 0 Å². The fourth-order valence-corrected chi connectivity index (χ4v) is 3.86. The van der Waals surface area contributed by atoms with E-state index in [1.165, 1.54) is 0 Å². The molecule has 148 valence electrons. The lowest BCUT2D eigenvalue weighted by molar-refractivity contribution is 0.208. The molecule has 0 unspecified atom stereocenters. The molecular formula is C21H22N6O2. The van der Waals surface area contributed by atoms with Gasteiger partial charge in [-0.1, -0.05) is 35.5 Å². The van der Waals surface area contributed by atoms with Gasteiger partial charge >= 0.3 is 0 Å². The zero-order valence-electron chi connectivity index (χ0n) is 16.1. The average molecular weight is 390 g/mol. The number of nitrogens with one attached hydrogen (secondary N) is 1. The molecule has 8 heteroatoms. The molecule has 0 atom stereocenters. The first kappa shape index (κ1) is 17.9. The van der Waals surface area contributed by atoms with Gasteiger partial charge in [0.05, 0.1) is 23.5 Å². The molecule has 4 heterocycles. The molecule has 0 amide bonds. The van der Waals surface area contributed by atoms with Crippen molar-refractivity contribution in [3.63, 3.8) is 0 Å². The largest absolute Gasteiger partial charge is 0.338 e. The highest BCUT2D eigenvalue weighted by Crippen LogP contribution is 2.19. The predicted octanol–water partition coefficient (Wildman–Crippen LogP) is 2.35. The highest BCUT2D eigenvalue weighted by molar-refractivity contribution is 5.97. The molecule has 5 rings (SSSR count). The maximum atomic E-state index is 12.7. The minimum Gasteiger partial charge on any atom is -0.338 e. The molecular weight excluding hydrogens is 368 g/mol. The van der Waals surface area contributed by atoms with E-state index >= 15 is 0 Å². The van der Waals surface area contributed by atoms with Crippen molar-refractivity contribution in [3.8, 4) is 11.4 Å². The maximum absolute atomic E-state index is 12.7. The Morgan fingerprint density at radius 3 is 2.83 bits per heavy atom. The van der Waals surface area contributed by atoms with E-state index in [1.54, 1.807) is 0 Å². The number of aromatic nitrogens is 4.